The molecular formula is C15H21BrFN. The lowest BCUT2D eigenvalue weighted by atomic mass is 9.70. The minimum absolute atomic E-state index is 0.182. The summed E-state index contributed by atoms with van der Waals surface area (Å²) in [5.74, 6) is 0.205. The van der Waals surface area contributed by atoms with Crippen LogP contribution in [0.1, 0.15) is 51.1 Å². The second-order valence-electron chi connectivity index (χ2n) is 6.17. The third-order valence-corrected chi connectivity index (χ3v) is 4.84. The molecule has 1 aromatic rings. The maximum absolute atomic E-state index is 14.0. The van der Waals surface area contributed by atoms with E-state index in [0.29, 0.717) is 21.4 Å². The lowest BCUT2D eigenvalue weighted by Gasteiger charge is -2.37. The third-order valence-electron chi connectivity index (χ3n) is 4.23. The van der Waals surface area contributed by atoms with Crippen molar-refractivity contribution in [3.8, 4) is 0 Å². The molecule has 1 fully saturated rings. The molecule has 0 radical (unpaired) electrons. The summed E-state index contributed by atoms with van der Waals surface area (Å²) in [7, 11) is 0. The van der Waals surface area contributed by atoms with Crippen molar-refractivity contribution in [3.63, 3.8) is 0 Å². The molecule has 1 aromatic carbocycles. The van der Waals surface area contributed by atoms with Crippen molar-refractivity contribution in [1.29, 1.82) is 0 Å². The van der Waals surface area contributed by atoms with E-state index in [9.17, 15) is 4.39 Å². The molecule has 0 amide bonds. The zero-order chi connectivity index (χ0) is 13.3. The standard InChI is InChI=1S/C15H21BrFN/c1-15(2)8-6-10(7-9-15)14(18)11-4-3-5-12(16)13(11)17/h3-5,10,14H,6-9,18H2,1-2H3. The van der Waals surface area contributed by atoms with E-state index in [1.54, 1.807) is 6.07 Å². The Labute approximate surface area is 117 Å². The summed E-state index contributed by atoms with van der Waals surface area (Å²) >= 11 is 3.23. The Morgan fingerprint density at radius 1 is 1.33 bits per heavy atom. The smallest absolute Gasteiger partial charge is 0.142 e. The van der Waals surface area contributed by atoms with Gasteiger partial charge in [0.1, 0.15) is 5.82 Å². The molecule has 100 valence electrons. The van der Waals surface area contributed by atoms with Crippen LogP contribution in [0.2, 0.25) is 0 Å². The van der Waals surface area contributed by atoms with Gasteiger partial charge in [-0.2, -0.15) is 0 Å². The van der Waals surface area contributed by atoms with Crippen LogP contribution in [0, 0.1) is 17.2 Å². The summed E-state index contributed by atoms with van der Waals surface area (Å²) in [5, 5.41) is 0. The SMILES string of the molecule is CC1(C)CCC(C(N)c2cccc(Br)c2F)CC1. The van der Waals surface area contributed by atoms with Gasteiger partial charge in [-0.15, -0.1) is 0 Å². The molecule has 1 aliphatic rings. The van der Waals surface area contributed by atoms with Crippen LogP contribution in [0.25, 0.3) is 0 Å². The first-order valence-corrected chi connectivity index (χ1v) is 7.39. The van der Waals surface area contributed by atoms with E-state index >= 15 is 0 Å². The molecule has 0 bridgehead atoms. The average Bonchev–Trinajstić information content (AvgIpc) is 2.32. The Hall–Kier alpha value is -0.410. The highest BCUT2D eigenvalue weighted by atomic mass is 79.9. The predicted molar refractivity (Wildman–Crippen MR) is 76.8 cm³/mol. The lowest BCUT2D eigenvalue weighted by Crippen LogP contribution is -2.29. The van der Waals surface area contributed by atoms with Crippen LogP contribution in [0.15, 0.2) is 22.7 Å². The lowest BCUT2D eigenvalue weighted by molar-refractivity contribution is 0.172. The summed E-state index contributed by atoms with van der Waals surface area (Å²) in [4.78, 5) is 0. The van der Waals surface area contributed by atoms with Crippen molar-refractivity contribution in [3.05, 3.63) is 34.1 Å². The molecule has 1 unspecified atom stereocenters. The zero-order valence-electron chi connectivity index (χ0n) is 11.0. The average molecular weight is 314 g/mol. The summed E-state index contributed by atoms with van der Waals surface area (Å²) in [6, 6.07) is 5.20. The van der Waals surface area contributed by atoms with Gasteiger partial charge in [0.15, 0.2) is 0 Å². The monoisotopic (exact) mass is 313 g/mol. The fraction of sp³-hybridized carbons (Fsp3) is 0.600. The number of hydrogen-bond acceptors (Lipinski definition) is 1. The van der Waals surface area contributed by atoms with Crippen LogP contribution >= 0.6 is 15.9 Å². The first-order chi connectivity index (χ1) is 8.41. The highest BCUT2D eigenvalue weighted by Gasteiger charge is 2.31. The van der Waals surface area contributed by atoms with Gasteiger partial charge in [-0.25, -0.2) is 4.39 Å². The highest BCUT2D eigenvalue weighted by Crippen LogP contribution is 2.42. The molecule has 0 spiro atoms. The number of hydrogen-bond donors (Lipinski definition) is 1. The van der Waals surface area contributed by atoms with Crippen molar-refractivity contribution in [2.45, 2.75) is 45.6 Å². The predicted octanol–water partition coefficient (Wildman–Crippen LogP) is 4.80. The van der Waals surface area contributed by atoms with E-state index in [1.165, 1.54) is 12.8 Å². The fourth-order valence-electron chi connectivity index (χ4n) is 2.81. The van der Waals surface area contributed by atoms with Crippen LogP contribution in [0.4, 0.5) is 4.39 Å². The summed E-state index contributed by atoms with van der Waals surface area (Å²) in [6.45, 7) is 4.60. The van der Waals surface area contributed by atoms with Crippen molar-refractivity contribution >= 4 is 15.9 Å². The van der Waals surface area contributed by atoms with E-state index in [-0.39, 0.29) is 11.9 Å². The van der Waals surface area contributed by atoms with Gasteiger partial charge in [-0.1, -0.05) is 26.0 Å². The Morgan fingerprint density at radius 2 is 1.94 bits per heavy atom. The topological polar surface area (TPSA) is 26.0 Å². The molecule has 3 heteroatoms. The number of nitrogens with two attached hydrogens (primary N) is 1. The minimum atomic E-state index is -0.199. The van der Waals surface area contributed by atoms with Crippen molar-refractivity contribution < 1.29 is 4.39 Å². The quantitative estimate of drug-likeness (QED) is 0.833. The number of rotatable bonds is 2. The molecule has 2 N–H and O–H groups in total. The molecule has 1 aliphatic carbocycles. The largest absolute Gasteiger partial charge is 0.324 e. The van der Waals surface area contributed by atoms with Gasteiger partial charge in [0, 0.05) is 11.6 Å². The van der Waals surface area contributed by atoms with Crippen molar-refractivity contribution in [2.75, 3.05) is 0 Å². The van der Waals surface area contributed by atoms with Crippen LogP contribution in [-0.2, 0) is 0 Å². The Balaban J connectivity index is 2.12. The van der Waals surface area contributed by atoms with Gasteiger partial charge in [-0.05, 0) is 59.0 Å². The highest BCUT2D eigenvalue weighted by molar-refractivity contribution is 9.10. The van der Waals surface area contributed by atoms with E-state index in [0.717, 1.165) is 12.8 Å². The molecule has 1 saturated carbocycles. The normalized spacial score (nSPS) is 21.8. The van der Waals surface area contributed by atoms with E-state index < -0.39 is 0 Å². The van der Waals surface area contributed by atoms with Gasteiger partial charge >= 0.3 is 0 Å². The van der Waals surface area contributed by atoms with Gasteiger partial charge in [0.2, 0.25) is 0 Å². The van der Waals surface area contributed by atoms with Crippen LogP contribution in [-0.4, -0.2) is 0 Å². The molecule has 1 atom stereocenters. The molecule has 0 aromatic heterocycles. The molecule has 2 rings (SSSR count). The number of benzene rings is 1. The maximum atomic E-state index is 14.0. The van der Waals surface area contributed by atoms with Gasteiger partial charge in [-0.3, -0.25) is 0 Å². The van der Waals surface area contributed by atoms with Crippen molar-refractivity contribution in [1.82, 2.24) is 0 Å². The molecule has 18 heavy (non-hydrogen) atoms. The molecule has 0 aliphatic heterocycles. The van der Waals surface area contributed by atoms with Crippen LogP contribution < -0.4 is 5.73 Å². The Morgan fingerprint density at radius 3 is 2.56 bits per heavy atom. The molecule has 1 nitrogen and oxygen atoms in total. The fourth-order valence-corrected chi connectivity index (χ4v) is 3.19. The second kappa shape index (κ2) is 5.30. The summed E-state index contributed by atoms with van der Waals surface area (Å²) in [5.41, 5.74) is 7.34. The first kappa shape index (κ1) is 14.0. The minimum Gasteiger partial charge on any atom is -0.324 e. The summed E-state index contributed by atoms with van der Waals surface area (Å²) in [6.07, 6.45) is 4.56. The molecule has 0 heterocycles. The van der Waals surface area contributed by atoms with E-state index in [2.05, 4.69) is 29.8 Å². The van der Waals surface area contributed by atoms with Gasteiger partial charge in [0.25, 0.3) is 0 Å². The molecular weight excluding hydrogens is 293 g/mol. The molecule has 0 saturated heterocycles. The summed E-state index contributed by atoms with van der Waals surface area (Å²) < 4.78 is 14.5. The van der Waals surface area contributed by atoms with Crippen LogP contribution in [0.5, 0.6) is 0 Å². The second-order valence-corrected chi connectivity index (χ2v) is 7.02. The van der Waals surface area contributed by atoms with E-state index in [1.807, 2.05) is 12.1 Å². The zero-order valence-corrected chi connectivity index (χ0v) is 12.6. The van der Waals surface area contributed by atoms with Crippen LogP contribution in [0.3, 0.4) is 0 Å². The van der Waals surface area contributed by atoms with Gasteiger partial charge in [0.05, 0.1) is 4.47 Å². The third kappa shape index (κ3) is 2.94. The maximum Gasteiger partial charge on any atom is 0.142 e. The Bertz CT molecular complexity index is 421. The number of halogens is 2. The van der Waals surface area contributed by atoms with Crippen molar-refractivity contribution in [2.24, 2.45) is 17.1 Å². The Kier molecular flexibility index (Phi) is 4.12. The first-order valence-electron chi connectivity index (χ1n) is 6.60. The van der Waals surface area contributed by atoms with E-state index in [4.69, 9.17) is 5.73 Å². The van der Waals surface area contributed by atoms with Gasteiger partial charge < -0.3 is 5.73 Å².